The molecule has 6 nitrogen and oxygen atoms in total. The third-order valence-electron chi connectivity index (χ3n) is 2.01. The van der Waals surface area contributed by atoms with Crippen LogP contribution in [0, 0.1) is 0 Å². The van der Waals surface area contributed by atoms with Gasteiger partial charge in [-0.15, -0.1) is 0 Å². The molecule has 2 rings (SSSR count). The van der Waals surface area contributed by atoms with Crippen molar-refractivity contribution >= 4 is 11.5 Å². The van der Waals surface area contributed by atoms with E-state index < -0.39 is 0 Å². The van der Waals surface area contributed by atoms with Gasteiger partial charge in [0.2, 0.25) is 0 Å². The van der Waals surface area contributed by atoms with Crippen molar-refractivity contribution in [1.82, 2.24) is 15.3 Å². The molecular weight excluding hydrogens is 170 g/mol. The number of rotatable bonds is 2. The molecular formula is C7H11N5O. The minimum atomic E-state index is -0.301. The van der Waals surface area contributed by atoms with E-state index in [0.717, 1.165) is 13.1 Å². The number of nitrogens with two attached hydrogens (primary N) is 1. The molecule has 0 radical (unpaired) electrons. The van der Waals surface area contributed by atoms with Crippen LogP contribution in [0.15, 0.2) is 11.1 Å². The van der Waals surface area contributed by atoms with E-state index in [1.165, 1.54) is 6.33 Å². The zero-order chi connectivity index (χ0) is 9.26. The highest BCUT2D eigenvalue weighted by molar-refractivity contribution is 5.59. The van der Waals surface area contributed by atoms with Crippen molar-refractivity contribution in [2.24, 2.45) is 0 Å². The predicted octanol–water partition coefficient (Wildman–Crippen LogP) is -1.26. The smallest absolute Gasteiger partial charge is 0.276 e. The molecule has 2 heterocycles. The molecule has 1 aliphatic heterocycles. The first-order chi connectivity index (χ1) is 6.27. The molecule has 1 aromatic rings. The fourth-order valence-electron chi connectivity index (χ4n) is 1.11. The fraction of sp³-hybridized carbons (Fsp3) is 0.429. The van der Waals surface area contributed by atoms with Gasteiger partial charge < -0.3 is 21.4 Å². The second-order valence-corrected chi connectivity index (χ2v) is 2.99. The lowest BCUT2D eigenvalue weighted by Crippen LogP contribution is -2.51. The molecule has 0 unspecified atom stereocenters. The first-order valence-corrected chi connectivity index (χ1v) is 4.08. The first-order valence-electron chi connectivity index (χ1n) is 4.08. The fourth-order valence-corrected chi connectivity index (χ4v) is 1.11. The minimum Gasteiger partial charge on any atom is -0.391 e. The van der Waals surface area contributed by atoms with Crippen LogP contribution >= 0.6 is 0 Å². The monoisotopic (exact) mass is 181 g/mol. The number of hydrogen-bond donors (Lipinski definition) is 4. The maximum absolute atomic E-state index is 11.1. The number of H-pyrrole nitrogens is 1. The summed E-state index contributed by atoms with van der Waals surface area (Å²) in [7, 11) is 0. The van der Waals surface area contributed by atoms with Crippen molar-refractivity contribution in [3.8, 4) is 0 Å². The summed E-state index contributed by atoms with van der Waals surface area (Å²) in [5, 5.41) is 6.17. The maximum Gasteiger partial charge on any atom is 0.276 e. The third kappa shape index (κ3) is 1.48. The van der Waals surface area contributed by atoms with Gasteiger partial charge in [0.05, 0.1) is 12.4 Å². The number of hydrogen-bond acceptors (Lipinski definition) is 5. The highest BCUT2D eigenvalue weighted by Gasteiger charge is 2.17. The summed E-state index contributed by atoms with van der Waals surface area (Å²) in [5.41, 5.74) is 5.37. The number of anilines is 2. The Kier molecular flexibility index (Phi) is 1.90. The molecule has 6 heteroatoms. The van der Waals surface area contributed by atoms with Gasteiger partial charge in [0, 0.05) is 13.1 Å². The van der Waals surface area contributed by atoms with Gasteiger partial charge in [-0.05, 0) is 0 Å². The van der Waals surface area contributed by atoms with Crippen LogP contribution in [0.4, 0.5) is 11.5 Å². The summed E-state index contributed by atoms with van der Waals surface area (Å²) < 4.78 is 0. The maximum atomic E-state index is 11.1. The average Bonchev–Trinajstić information content (AvgIpc) is 2.04. The van der Waals surface area contributed by atoms with Gasteiger partial charge in [0.15, 0.2) is 5.82 Å². The van der Waals surface area contributed by atoms with Gasteiger partial charge >= 0.3 is 0 Å². The largest absolute Gasteiger partial charge is 0.391 e. The van der Waals surface area contributed by atoms with Crippen LogP contribution < -0.4 is 21.9 Å². The lowest BCUT2D eigenvalue weighted by molar-refractivity contribution is 0.471. The van der Waals surface area contributed by atoms with Crippen molar-refractivity contribution in [3.63, 3.8) is 0 Å². The highest BCUT2D eigenvalue weighted by Crippen LogP contribution is 2.10. The summed E-state index contributed by atoms with van der Waals surface area (Å²) in [5.74, 6) is 0.468. The summed E-state index contributed by atoms with van der Waals surface area (Å²) in [6.07, 6.45) is 1.34. The van der Waals surface area contributed by atoms with Crippen LogP contribution in [0.25, 0.3) is 0 Å². The predicted molar refractivity (Wildman–Crippen MR) is 49.6 cm³/mol. The van der Waals surface area contributed by atoms with Gasteiger partial charge in [0.25, 0.3) is 5.56 Å². The molecule has 0 amide bonds. The van der Waals surface area contributed by atoms with E-state index in [1.54, 1.807) is 0 Å². The zero-order valence-corrected chi connectivity index (χ0v) is 7.00. The Hall–Kier alpha value is -1.56. The average molecular weight is 181 g/mol. The Morgan fingerprint density at radius 1 is 1.62 bits per heavy atom. The Morgan fingerprint density at radius 2 is 2.38 bits per heavy atom. The van der Waals surface area contributed by atoms with E-state index in [2.05, 4.69) is 20.6 Å². The Bertz CT molecular complexity index is 356. The standard InChI is InChI=1S/C7H11N5O/c8-5-6(10-3-11-7(5)13)12-4-1-9-2-4/h3-4,9H,1-2,8H2,(H2,10,11,12,13). The summed E-state index contributed by atoms with van der Waals surface area (Å²) in [6.45, 7) is 1.77. The summed E-state index contributed by atoms with van der Waals surface area (Å²) in [4.78, 5) is 17.4. The quantitative estimate of drug-likeness (QED) is 0.456. The lowest BCUT2D eigenvalue weighted by atomic mass is 10.2. The van der Waals surface area contributed by atoms with Gasteiger partial charge in [-0.2, -0.15) is 0 Å². The zero-order valence-electron chi connectivity index (χ0n) is 7.00. The molecule has 0 aliphatic carbocycles. The number of aromatic amines is 1. The van der Waals surface area contributed by atoms with Crippen molar-refractivity contribution < 1.29 is 0 Å². The second-order valence-electron chi connectivity index (χ2n) is 2.99. The van der Waals surface area contributed by atoms with Crippen LogP contribution in [-0.2, 0) is 0 Å². The molecule has 1 aromatic heterocycles. The van der Waals surface area contributed by atoms with Crippen molar-refractivity contribution in [2.45, 2.75) is 6.04 Å². The topological polar surface area (TPSA) is 95.8 Å². The number of nitrogen functional groups attached to an aromatic ring is 1. The van der Waals surface area contributed by atoms with E-state index in [1.807, 2.05) is 0 Å². The van der Waals surface area contributed by atoms with Crippen molar-refractivity contribution in [3.05, 3.63) is 16.7 Å². The molecule has 1 aliphatic rings. The van der Waals surface area contributed by atoms with E-state index in [-0.39, 0.29) is 11.2 Å². The van der Waals surface area contributed by atoms with Gasteiger partial charge in [-0.3, -0.25) is 4.79 Å². The Morgan fingerprint density at radius 3 is 3.00 bits per heavy atom. The first kappa shape index (κ1) is 8.06. The van der Waals surface area contributed by atoms with Crippen molar-refractivity contribution in [2.75, 3.05) is 24.1 Å². The van der Waals surface area contributed by atoms with Gasteiger partial charge in [-0.1, -0.05) is 0 Å². The highest BCUT2D eigenvalue weighted by atomic mass is 16.1. The van der Waals surface area contributed by atoms with E-state index in [9.17, 15) is 4.79 Å². The molecule has 0 bridgehead atoms. The normalized spacial score (nSPS) is 16.6. The van der Waals surface area contributed by atoms with Crippen LogP contribution in [0.5, 0.6) is 0 Å². The molecule has 5 N–H and O–H groups in total. The minimum absolute atomic E-state index is 0.148. The van der Waals surface area contributed by atoms with Gasteiger partial charge in [0.1, 0.15) is 5.69 Å². The van der Waals surface area contributed by atoms with E-state index >= 15 is 0 Å². The number of aromatic nitrogens is 2. The molecule has 0 spiro atoms. The lowest BCUT2D eigenvalue weighted by Gasteiger charge is -2.28. The second kappa shape index (κ2) is 3.06. The Labute approximate surface area is 74.6 Å². The third-order valence-corrected chi connectivity index (χ3v) is 2.01. The number of nitrogens with one attached hydrogen (secondary N) is 3. The van der Waals surface area contributed by atoms with Crippen LogP contribution in [0.1, 0.15) is 0 Å². The van der Waals surface area contributed by atoms with E-state index in [0.29, 0.717) is 11.9 Å². The van der Waals surface area contributed by atoms with E-state index in [4.69, 9.17) is 5.73 Å². The molecule has 0 atom stereocenters. The SMILES string of the molecule is Nc1c(NC2CNC2)nc[nH]c1=O. The van der Waals surface area contributed by atoms with Crippen molar-refractivity contribution in [1.29, 1.82) is 0 Å². The molecule has 1 fully saturated rings. The van der Waals surface area contributed by atoms with Crippen LogP contribution in [0.3, 0.4) is 0 Å². The molecule has 13 heavy (non-hydrogen) atoms. The molecule has 0 aromatic carbocycles. The van der Waals surface area contributed by atoms with Crippen LogP contribution in [0.2, 0.25) is 0 Å². The van der Waals surface area contributed by atoms with Crippen LogP contribution in [-0.4, -0.2) is 29.1 Å². The Balaban J connectivity index is 2.19. The summed E-state index contributed by atoms with van der Waals surface area (Å²) >= 11 is 0. The molecule has 0 saturated carbocycles. The van der Waals surface area contributed by atoms with Gasteiger partial charge in [-0.25, -0.2) is 4.98 Å². The molecule has 1 saturated heterocycles. The summed E-state index contributed by atoms with van der Waals surface area (Å²) in [6, 6.07) is 0.330. The molecule has 70 valence electrons. The number of nitrogens with zero attached hydrogens (tertiary/aromatic N) is 1.